The van der Waals surface area contributed by atoms with E-state index in [9.17, 15) is 4.79 Å². The van der Waals surface area contributed by atoms with Crippen molar-refractivity contribution in [3.63, 3.8) is 0 Å². The first kappa shape index (κ1) is 13.3. The van der Waals surface area contributed by atoms with Gasteiger partial charge in [-0.1, -0.05) is 48.0 Å². The summed E-state index contributed by atoms with van der Waals surface area (Å²) in [6.07, 6.45) is 0.812. The van der Waals surface area contributed by atoms with Crippen molar-refractivity contribution in [1.29, 1.82) is 0 Å². The Morgan fingerprint density at radius 2 is 1.62 bits per heavy atom. The number of benzene rings is 2. The van der Waals surface area contributed by atoms with E-state index in [1.54, 1.807) is 0 Å². The molecule has 2 aromatic carbocycles. The standard InChI is InChI=1S/C18H16N2O/c1-13-8-10-16(11-9-13)20-18(14(2)17(12-21)19-20)15-6-4-3-5-7-15/h3-12H,1-2H3. The van der Waals surface area contributed by atoms with Crippen LogP contribution < -0.4 is 0 Å². The molecule has 0 saturated heterocycles. The fourth-order valence-corrected chi connectivity index (χ4v) is 2.43. The van der Waals surface area contributed by atoms with Crippen LogP contribution in [0.2, 0.25) is 0 Å². The SMILES string of the molecule is Cc1ccc(-n2nc(C=O)c(C)c2-c2ccccc2)cc1. The Balaban J connectivity index is 2.25. The van der Waals surface area contributed by atoms with Gasteiger partial charge in [-0.2, -0.15) is 5.10 Å². The fraction of sp³-hybridized carbons (Fsp3) is 0.111. The highest BCUT2D eigenvalue weighted by molar-refractivity contribution is 5.80. The number of nitrogens with zero attached hydrogens (tertiary/aromatic N) is 2. The van der Waals surface area contributed by atoms with Crippen LogP contribution in [-0.4, -0.2) is 16.1 Å². The average molecular weight is 276 g/mol. The van der Waals surface area contributed by atoms with Gasteiger partial charge in [-0.3, -0.25) is 4.79 Å². The number of hydrogen-bond acceptors (Lipinski definition) is 2. The highest BCUT2D eigenvalue weighted by Crippen LogP contribution is 2.28. The molecule has 3 rings (SSSR count). The zero-order chi connectivity index (χ0) is 14.8. The number of aldehydes is 1. The molecule has 1 aromatic heterocycles. The van der Waals surface area contributed by atoms with Gasteiger partial charge in [-0.15, -0.1) is 0 Å². The Labute approximate surface area is 123 Å². The number of aryl methyl sites for hydroxylation is 1. The van der Waals surface area contributed by atoms with Gasteiger partial charge in [-0.05, 0) is 26.0 Å². The van der Waals surface area contributed by atoms with Crippen LogP contribution in [0, 0.1) is 13.8 Å². The summed E-state index contributed by atoms with van der Waals surface area (Å²) in [7, 11) is 0. The van der Waals surface area contributed by atoms with E-state index in [2.05, 4.69) is 5.10 Å². The van der Waals surface area contributed by atoms with E-state index in [1.807, 2.05) is 73.1 Å². The molecular formula is C18H16N2O. The number of carbonyl (C=O) groups is 1. The monoisotopic (exact) mass is 276 g/mol. The summed E-state index contributed by atoms with van der Waals surface area (Å²) in [4.78, 5) is 11.2. The lowest BCUT2D eigenvalue weighted by Gasteiger charge is -2.09. The minimum Gasteiger partial charge on any atom is -0.296 e. The van der Waals surface area contributed by atoms with Crippen LogP contribution in [0.1, 0.15) is 21.6 Å². The molecule has 3 aromatic rings. The molecule has 104 valence electrons. The van der Waals surface area contributed by atoms with Gasteiger partial charge in [0.1, 0.15) is 5.69 Å². The van der Waals surface area contributed by atoms with Crippen molar-refractivity contribution < 1.29 is 4.79 Å². The van der Waals surface area contributed by atoms with Crippen molar-refractivity contribution in [2.45, 2.75) is 13.8 Å². The number of rotatable bonds is 3. The van der Waals surface area contributed by atoms with Crippen molar-refractivity contribution in [3.8, 4) is 16.9 Å². The minimum absolute atomic E-state index is 0.481. The van der Waals surface area contributed by atoms with E-state index in [-0.39, 0.29) is 0 Å². The van der Waals surface area contributed by atoms with Gasteiger partial charge in [0.05, 0.1) is 11.4 Å². The second-order valence-electron chi connectivity index (χ2n) is 5.09. The number of hydrogen-bond donors (Lipinski definition) is 0. The molecule has 0 atom stereocenters. The second kappa shape index (κ2) is 5.37. The summed E-state index contributed by atoms with van der Waals surface area (Å²) in [6.45, 7) is 3.98. The van der Waals surface area contributed by atoms with E-state index in [0.717, 1.165) is 28.8 Å². The number of aromatic nitrogens is 2. The number of carbonyl (C=O) groups excluding carboxylic acids is 1. The molecule has 0 N–H and O–H groups in total. The maximum Gasteiger partial charge on any atom is 0.170 e. The molecule has 0 bridgehead atoms. The van der Waals surface area contributed by atoms with Crippen LogP contribution in [-0.2, 0) is 0 Å². The molecule has 0 saturated carbocycles. The molecule has 0 aliphatic rings. The maximum atomic E-state index is 11.2. The summed E-state index contributed by atoms with van der Waals surface area (Å²) in [6, 6.07) is 18.1. The van der Waals surface area contributed by atoms with Crippen molar-refractivity contribution in [2.24, 2.45) is 0 Å². The summed E-state index contributed by atoms with van der Waals surface area (Å²) in [5.74, 6) is 0. The zero-order valence-corrected chi connectivity index (χ0v) is 12.1. The molecule has 0 aliphatic heterocycles. The van der Waals surface area contributed by atoms with Gasteiger partial charge in [0.25, 0.3) is 0 Å². The highest BCUT2D eigenvalue weighted by atomic mass is 16.1. The Morgan fingerprint density at radius 1 is 0.952 bits per heavy atom. The van der Waals surface area contributed by atoms with Crippen LogP contribution in [0.15, 0.2) is 54.6 Å². The van der Waals surface area contributed by atoms with Gasteiger partial charge in [0.15, 0.2) is 6.29 Å². The highest BCUT2D eigenvalue weighted by Gasteiger charge is 2.16. The van der Waals surface area contributed by atoms with Crippen molar-refractivity contribution in [3.05, 3.63) is 71.4 Å². The molecule has 3 nitrogen and oxygen atoms in total. The first-order valence-corrected chi connectivity index (χ1v) is 6.88. The largest absolute Gasteiger partial charge is 0.296 e. The van der Waals surface area contributed by atoms with Crippen LogP contribution >= 0.6 is 0 Å². The quantitative estimate of drug-likeness (QED) is 0.678. The van der Waals surface area contributed by atoms with Crippen molar-refractivity contribution in [2.75, 3.05) is 0 Å². The zero-order valence-electron chi connectivity index (χ0n) is 12.1. The molecule has 0 unspecified atom stereocenters. The van der Waals surface area contributed by atoms with Crippen LogP contribution in [0.3, 0.4) is 0 Å². The van der Waals surface area contributed by atoms with Crippen LogP contribution in [0.5, 0.6) is 0 Å². The normalized spacial score (nSPS) is 10.6. The third kappa shape index (κ3) is 2.38. The molecule has 0 fully saturated rings. The predicted molar refractivity (Wildman–Crippen MR) is 83.9 cm³/mol. The maximum absolute atomic E-state index is 11.2. The molecule has 0 aliphatic carbocycles. The van der Waals surface area contributed by atoms with Crippen LogP contribution in [0.25, 0.3) is 16.9 Å². The topological polar surface area (TPSA) is 34.9 Å². The molecule has 21 heavy (non-hydrogen) atoms. The van der Waals surface area contributed by atoms with E-state index in [0.29, 0.717) is 5.69 Å². The summed E-state index contributed by atoms with van der Waals surface area (Å²) in [5.41, 5.74) is 5.54. The van der Waals surface area contributed by atoms with Crippen molar-refractivity contribution >= 4 is 6.29 Å². The average Bonchev–Trinajstić information content (AvgIpc) is 2.85. The molecule has 0 radical (unpaired) electrons. The molecule has 3 heteroatoms. The lowest BCUT2D eigenvalue weighted by atomic mass is 10.1. The Morgan fingerprint density at radius 3 is 2.24 bits per heavy atom. The summed E-state index contributed by atoms with van der Waals surface area (Å²) >= 11 is 0. The minimum atomic E-state index is 0.481. The first-order chi connectivity index (χ1) is 10.2. The van der Waals surface area contributed by atoms with Gasteiger partial charge in [0, 0.05) is 11.1 Å². The predicted octanol–water partition coefficient (Wildman–Crippen LogP) is 3.97. The Kier molecular flexibility index (Phi) is 3.40. The van der Waals surface area contributed by atoms with Gasteiger partial charge in [0.2, 0.25) is 0 Å². The summed E-state index contributed by atoms with van der Waals surface area (Å²) in [5, 5.41) is 4.45. The van der Waals surface area contributed by atoms with Crippen LogP contribution in [0.4, 0.5) is 0 Å². The molecule has 0 spiro atoms. The second-order valence-corrected chi connectivity index (χ2v) is 5.09. The lowest BCUT2D eigenvalue weighted by Crippen LogP contribution is -1.99. The van der Waals surface area contributed by atoms with E-state index in [4.69, 9.17) is 0 Å². The molecular weight excluding hydrogens is 260 g/mol. The molecule has 1 heterocycles. The van der Waals surface area contributed by atoms with Gasteiger partial charge >= 0.3 is 0 Å². The molecule has 0 amide bonds. The fourth-order valence-electron chi connectivity index (χ4n) is 2.43. The third-order valence-electron chi connectivity index (χ3n) is 3.60. The Hall–Kier alpha value is -2.68. The van der Waals surface area contributed by atoms with Gasteiger partial charge in [-0.25, -0.2) is 4.68 Å². The smallest absolute Gasteiger partial charge is 0.170 e. The van der Waals surface area contributed by atoms with E-state index >= 15 is 0 Å². The third-order valence-corrected chi connectivity index (χ3v) is 3.60. The van der Waals surface area contributed by atoms with Gasteiger partial charge < -0.3 is 0 Å². The first-order valence-electron chi connectivity index (χ1n) is 6.88. The van der Waals surface area contributed by atoms with E-state index in [1.165, 1.54) is 5.56 Å². The Bertz CT molecular complexity index is 771. The summed E-state index contributed by atoms with van der Waals surface area (Å²) < 4.78 is 1.84. The van der Waals surface area contributed by atoms with Crippen molar-refractivity contribution in [1.82, 2.24) is 9.78 Å². The van der Waals surface area contributed by atoms with E-state index < -0.39 is 0 Å². The lowest BCUT2D eigenvalue weighted by molar-refractivity contribution is 0.111.